The summed E-state index contributed by atoms with van der Waals surface area (Å²) in [6, 6.07) is 5.37. The number of carbonyl (C=O) groups is 2. The van der Waals surface area contributed by atoms with Crippen molar-refractivity contribution in [3.05, 3.63) is 40.6 Å². The third kappa shape index (κ3) is 2.46. The molecule has 6 nitrogen and oxygen atoms in total. The molecule has 120 valence electrons. The zero-order chi connectivity index (χ0) is 16.6. The van der Waals surface area contributed by atoms with Crippen LogP contribution in [0.1, 0.15) is 19.4 Å². The zero-order valence-corrected chi connectivity index (χ0v) is 13.2. The first-order chi connectivity index (χ1) is 11.1. The molecule has 1 amide bonds. The van der Waals surface area contributed by atoms with E-state index in [2.05, 4.69) is 0 Å². The van der Waals surface area contributed by atoms with E-state index in [4.69, 9.17) is 14.2 Å². The van der Waals surface area contributed by atoms with Crippen molar-refractivity contribution in [3.63, 3.8) is 0 Å². The van der Waals surface area contributed by atoms with Crippen LogP contribution in [0.4, 0.5) is 0 Å². The normalized spacial score (nSPS) is 18.1. The molecular formula is C17H17NO5. The van der Waals surface area contributed by atoms with E-state index < -0.39 is 5.97 Å². The van der Waals surface area contributed by atoms with Crippen LogP contribution in [-0.4, -0.2) is 37.2 Å². The van der Waals surface area contributed by atoms with Crippen LogP contribution in [0.3, 0.4) is 0 Å². The van der Waals surface area contributed by atoms with Crippen molar-refractivity contribution in [2.75, 3.05) is 20.4 Å². The van der Waals surface area contributed by atoms with Crippen molar-refractivity contribution in [2.24, 2.45) is 0 Å². The van der Waals surface area contributed by atoms with Crippen molar-refractivity contribution in [1.82, 2.24) is 4.90 Å². The molecule has 0 bridgehead atoms. The standard InChI is InChI=1S/C17H17NO5/c1-4-18-10(2)15(17(20)21-3)12(16(18)19)7-11-5-6-13-14(8-11)23-9-22-13/h5-8H,4,9H2,1-3H3/b12-7-. The first-order valence-electron chi connectivity index (χ1n) is 7.29. The topological polar surface area (TPSA) is 65.1 Å². The molecule has 23 heavy (non-hydrogen) atoms. The van der Waals surface area contributed by atoms with Gasteiger partial charge < -0.3 is 19.1 Å². The van der Waals surface area contributed by atoms with Crippen LogP contribution in [0, 0.1) is 0 Å². The number of allylic oxidation sites excluding steroid dienone is 1. The fraction of sp³-hybridized carbons (Fsp3) is 0.294. The van der Waals surface area contributed by atoms with Gasteiger partial charge in [0, 0.05) is 12.2 Å². The molecule has 0 fully saturated rings. The fourth-order valence-electron chi connectivity index (χ4n) is 2.78. The molecule has 0 saturated heterocycles. The van der Waals surface area contributed by atoms with Gasteiger partial charge in [0.1, 0.15) is 0 Å². The highest BCUT2D eigenvalue weighted by molar-refractivity contribution is 6.16. The largest absolute Gasteiger partial charge is 0.465 e. The number of hydrogen-bond donors (Lipinski definition) is 0. The van der Waals surface area contributed by atoms with Gasteiger partial charge in [-0.2, -0.15) is 0 Å². The average molecular weight is 315 g/mol. The predicted molar refractivity (Wildman–Crippen MR) is 82.6 cm³/mol. The highest BCUT2D eigenvalue weighted by Crippen LogP contribution is 2.35. The molecule has 0 atom stereocenters. The van der Waals surface area contributed by atoms with Crippen molar-refractivity contribution in [1.29, 1.82) is 0 Å². The van der Waals surface area contributed by atoms with E-state index in [1.54, 1.807) is 30.0 Å². The lowest BCUT2D eigenvalue weighted by molar-refractivity contribution is -0.136. The van der Waals surface area contributed by atoms with E-state index in [1.807, 2.05) is 13.0 Å². The lowest BCUT2D eigenvalue weighted by Gasteiger charge is -2.14. The van der Waals surface area contributed by atoms with Crippen molar-refractivity contribution in [2.45, 2.75) is 13.8 Å². The molecule has 2 aliphatic rings. The monoisotopic (exact) mass is 315 g/mol. The number of rotatable bonds is 3. The molecule has 3 rings (SSSR count). The Bertz CT molecular complexity index is 747. The lowest BCUT2D eigenvalue weighted by atomic mass is 10.0. The van der Waals surface area contributed by atoms with E-state index in [0.717, 1.165) is 5.56 Å². The quantitative estimate of drug-likeness (QED) is 0.631. The summed E-state index contributed by atoms with van der Waals surface area (Å²) in [6.45, 7) is 4.28. The smallest absolute Gasteiger partial charge is 0.340 e. The minimum Gasteiger partial charge on any atom is -0.465 e. The van der Waals surface area contributed by atoms with Crippen LogP contribution in [0.5, 0.6) is 11.5 Å². The number of hydrogen-bond acceptors (Lipinski definition) is 5. The molecule has 0 spiro atoms. The van der Waals surface area contributed by atoms with Crippen molar-refractivity contribution < 1.29 is 23.8 Å². The van der Waals surface area contributed by atoms with Crippen molar-refractivity contribution >= 4 is 18.0 Å². The Morgan fingerprint density at radius 2 is 2.09 bits per heavy atom. The van der Waals surface area contributed by atoms with Gasteiger partial charge in [-0.1, -0.05) is 6.07 Å². The second kappa shape index (κ2) is 5.79. The maximum atomic E-state index is 12.6. The van der Waals surface area contributed by atoms with Crippen LogP contribution in [0.15, 0.2) is 35.0 Å². The average Bonchev–Trinajstić information content (AvgIpc) is 3.10. The van der Waals surface area contributed by atoms with Gasteiger partial charge in [0.15, 0.2) is 11.5 Å². The van der Waals surface area contributed by atoms with Gasteiger partial charge in [-0.3, -0.25) is 4.79 Å². The predicted octanol–water partition coefficient (Wildman–Crippen LogP) is 2.11. The Labute approximate surface area is 133 Å². The van der Waals surface area contributed by atoms with E-state index in [-0.39, 0.29) is 12.7 Å². The Morgan fingerprint density at radius 3 is 2.78 bits per heavy atom. The van der Waals surface area contributed by atoms with Gasteiger partial charge in [-0.15, -0.1) is 0 Å². The fourth-order valence-corrected chi connectivity index (χ4v) is 2.78. The summed E-state index contributed by atoms with van der Waals surface area (Å²) in [5.74, 6) is 0.569. The van der Waals surface area contributed by atoms with Gasteiger partial charge in [0.05, 0.1) is 18.3 Å². The second-order valence-corrected chi connectivity index (χ2v) is 5.17. The summed E-state index contributed by atoms with van der Waals surface area (Å²) >= 11 is 0. The molecule has 2 aliphatic heterocycles. The number of fused-ring (bicyclic) bond motifs is 1. The van der Waals surface area contributed by atoms with Crippen LogP contribution in [0.25, 0.3) is 6.08 Å². The maximum absolute atomic E-state index is 12.6. The first-order valence-corrected chi connectivity index (χ1v) is 7.29. The molecule has 0 saturated carbocycles. The Hall–Kier alpha value is -2.76. The molecule has 0 N–H and O–H groups in total. The SMILES string of the molecule is CCN1C(=O)/C(=C\c2ccc3c(c2)OCO3)C(C(=O)OC)=C1C. The molecule has 1 aromatic carbocycles. The van der Waals surface area contributed by atoms with Crippen LogP contribution in [-0.2, 0) is 14.3 Å². The minimum atomic E-state index is -0.515. The molecule has 0 unspecified atom stereocenters. The summed E-state index contributed by atoms with van der Waals surface area (Å²) in [5, 5.41) is 0. The van der Waals surface area contributed by atoms with E-state index in [0.29, 0.717) is 34.9 Å². The highest BCUT2D eigenvalue weighted by Gasteiger charge is 2.36. The summed E-state index contributed by atoms with van der Waals surface area (Å²) in [6.07, 6.45) is 1.68. The molecule has 0 radical (unpaired) electrons. The summed E-state index contributed by atoms with van der Waals surface area (Å²) in [5.41, 5.74) is 1.99. The number of esters is 1. The summed E-state index contributed by atoms with van der Waals surface area (Å²) < 4.78 is 15.4. The summed E-state index contributed by atoms with van der Waals surface area (Å²) in [4.78, 5) is 26.2. The number of amides is 1. The molecular weight excluding hydrogens is 298 g/mol. The molecule has 2 heterocycles. The number of likely N-dealkylation sites (N-methyl/N-ethyl adjacent to an activating group) is 1. The number of carbonyl (C=O) groups excluding carboxylic acids is 2. The van der Waals surface area contributed by atoms with Gasteiger partial charge in [0.2, 0.25) is 6.79 Å². The number of nitrogens with zero attached hydrogens (tertiary/aromatic N) is 1. The van der Waals surface area contributed by atoms with E-state index in [1.165, 1.54) is 7.11 Å². The van der Waals surface area contributed by atoms with E-state index >= 15 is 0 Å². The Balaban J connectivity index is 2.05. The lowest BCUT2D eigenvalue weighted by Crippen LogP contribution is -2.24. The first kappa shape index (κ1) is 15.1. The third-order valence-electron chi connectivity index (χ3n) is 3.92. The third-order valence-corrected chi connectivity index (χ3v) is 3.92. The molecule has 0 aromatic heterocycles. The minimum absolute atomic E-state index is 0.185. The van der Waals surface area contributed by atoms with Gasteiger partial charge >= 0.3 is 5.97 Å². The highest BCUT2D eigenvalue weighted by atomic mass is 16.7. The Kier molecular flexibility index (Phi) is 3.82. The van der Waals surface area contributed by atoms with Gasteiger partial charge in [-0.25, -0.2) is 4.79 Å². The van der Waals surface area contributed by atoms with E-state index in [9.17, 15) is 9.59 Å². The van der Waals surface area contributed by atoms with Crippen LogP contribution in [0.2, 0.25) is 0 Å². The summed E-state index contributed by atoms with van der Waals surface area (Å²) in [7, 11) is 1.31. The van der Waals surface area contributed by atoms with Gasteiger partial charge in [-0.05, 0) is 37.6 Å². The number of benzene rings is 1. The van der Waals surface area contributed by atoms with Gasteiger partial charge in [0.25, 0.3) is 5.91 Å². The van der Waals surface area contributed by atoms with Crippen LogP contribution >= 0.6 is 0 Å². The molecule has 1 aromatic rings. The Morgan fingerprint density at radius 1 is 1.35 bits per heavy atom. The maximum Gasteiger partial charge on any atom is 0.340 e. The second-order valence-electron chi connectivity index (χ2n) is 5.17. The molecule has 0 aliphatic carbocycles. The van der Waals surface area contributed by atoms with Crippen LogP contribution < -0.4 is 9.47 Å². The molecule has 6 heteroatoms. The number of methoxy groups -OCH3 is 1. The zero-order valence-electron chi connectivity index (χ0n) is 13.2. The van der Waals surface area contributed by atoms with Crippen molar-refractivity contribution in [3.8, 4) is 11.5 Å². The number of ether oxygens (including phenoxy) is 3.